The highest BCUT2D eigenvalue weighted by Crippen LogP contribution is 2.24. The van der Waals surface area contributed by atoms with E-state index in [-0.39, 0.29) is 16.4 Å². The van der Waals surface area contributed by atoms with Crippen LogP contribution in [-0.2, 0) is 24.8 Å². The second kappa shape index (κ2) is 9.35. The van der Waals surface area contributed by atoms with Crippen LogP contribution >= 0.6 is 0 Å². The van der Waals surface area contributed by atoms with Crippen LogP contribution in [0.15, 0.2) is 46.2 Å². The summed E-state index contributed by atoms with van der Waals surface area (Å²) in [6.45, 7) is 3.10. The molecular formula is C20H27N3O6S2. The number of aryl methyl sites for hydroxylation is 2. The van der Waals surface area contributed by atoms with Gasteiger partial charge in [-0.15, -0.1) is 0 Å². The third-order valence-corrected chi connectivity index (χ3v) is 8.17. The smallest absolute Gasteiger partial charge is 0.262 e. The number of nitrogens with one attached hydrogen (secondary N) is 1. The Labute approximate surface area is 183 Å². The van der Waals surface area contributed by atoms with Crippen molar-refractivity contribution in [2.75, 3.05) is 40.1 Å². The van der Waals surface area contributed by atoms with Crippen molar-refractivity contribution in [3.63, 3.8) is 0 Å². The summed E-state index contributed by atoms with van der Waals surface area (Å²) in [6.07, 6.45) is 0. The maximum absolute atomic E-state index is 12.4. The molecule has 0 aliphatic rings. The van der Waals surface area contributed by atoms with E-state index in [9.17, 15) is 21.6 Å². The molecule has 0 unspecified atom stereocenters. The summed E-state index contributed by atoms with van der Waals surface area (Å²) in [7, 11) is -1.46. The number of benzene rings is 2. The summed E-state index contributed by atoms with van der Waals surface area (Å²) in [6, 6.07) is 8.87. The van der Waals surface area contributed by atoms with Crippen molar-refractivity contribution in [2.24, 2.45) is 0 Å². The first-order chi connectivity index (χ1) is 14.3. The Balaban J connectivity index is 2.13. The van der Waals surface area contributed by atoms with Gasteiger partial charge in [-0.25, -0.2) is 25.4 Å². The van der Waals surface area contributed by atoms with E-state index in [0.29, 0.717) is 22.6 Å². The minimum Gasteiger partial charge on any atom is -0.483 e. The van der Waals surface area contributed by atoms with E-state index in [2.05, 4.69) is 5.32 Å². The number of hydrogen-bond acceptors (Lipinski definition) is 6. The molecule has 0 saturated carbocycles. The number of ether oxygens (including phenoxy) is 1. The van der Waals surface area contributed by atoms with Crippen molar-refractivity contribution in [3.05, 3.63) is 47.5 Å². The number of hydrogen-bond donors (Lipinski definition) is 1. The summed E-state index contributed by atoms with van der Waals surface area (Å²) < 4.78 is 56.8. The average Bonchev–Trinajstić information content (AvgIpc) is 2.68. The molecule has 1 N–H and O–H groups in total. The molecular weight excluding hydrogens is 442 g/mol. The van der Waals surface area contributed by atoms with Crippen molar-refractivity contribution < 1.29 is 26.4 Å². The Morgan fingerprint density at radius 3 is 1.87 bits per heavy atom. The molecule has 1 amide bonds. The SMILES string of the molecule is Cc1ccc(S(=O)(=O)N(C)C)cc1NC(=O)COc1ccc(S(=O)(=O)N(C)C)cc1C. The zero-order valence-corrected chi connectivity index (χ0v) is 20.0. The van der Waals surface area contributed by atoms with E-state index in [0.717, 1.165) is 8.61 Å². The first kappa shape index (κ1) is 24.8. The lowest BCUT2D eigenvalue weighted by molar-refractivity contribution is -0.118. The molecule has 0 bridgehead atoms. The molecule has 0 saturated heterocycles. The van der Waals surface area contributed by atoms with E-state index < -0.39 is 26.0 Å². The quantitative estimate of drug-likeness (QED) is 0.631. The molecule has 0 aromatic heterocycles. The minimum absolute atomic E-state index is 0.0628. The second-order valence-corrected chi connectivity index (χ2v) is 11.6. The van der Waals surface area contributed by atoms with Crippen LogP contribution in [0.1, 0.15) is 11.1 Å². The van der Waals surface area contributed by atoms with E-state index in [4.69, 9.17) is 4.74 Å². The Morgan fingerprint density at radius 1 is 0.839 bits per heavy atom. The second-order valence-electron chi connectivity index (χ2n) is 7.32. The molecule has 0 fully saturated rings. The van der Waals surface area contributed by atoms with Gasteiger partial charge in [-0.05, 0) is 55.3 Å². The number of anilines is 1. The van der Waals surface area contributed by atoms with E-state index in [1.807, 2.05) is 0 Å². The highest BCUT2D eigenvalue weighted by atomic mass is 32.2. The van der Waals surface area contributed by atoms with Crippen molar-refractivity contribution in [3.8, 4) is 5.75 Å². The lowest BCUT2D eigenvalue weighted by Gasteiger charge is -2.15. The van der Waals surface area contributed by atoms with Gasteiger partial charge in [-0.1, -0.05) is 6.07 Å². The Morgan fingerprint density at radius 2 is 1.35 bits per heavy atom. The number of carbonyl (C=O) groups excluding carboxylic acids is 1. The van der Waals surface area contributed by atoms with Gasteiger partial charge in [0.1, 0.15) is 5.75 Å². The number of amides is 1. The summed E-state index contributed by atoms with van der Waals surface area (Å²) in [4.78, 5) is 12.6. The van der Waals surface area contributed by atoms with E-state index >= 15 is 0 Å². The molecule has 0 aliphatic carbocycles. The van der Waals surface area contributed by atoms with Crippen LogP contribution in [-0.4, -0.2) is 66.2 Å². The summed E-state index contributed by atoms with van der Waals surface area (Å²) >= 11 is 0. The molecule has 2 aromatic carbocycles. The van der Waals surface area contributed by atoms with Gasteiger partial charge >= 0.3 is 0 Å². The van der Waals surface area contributed by atoms with Crippen molar-refractivity contribution in [1.82, 2.24) is 8.61 Å². The van der Waals surface area contributed by atoms with Crippen molar-refractivity contribution in [1.29, 1.82) is 0 Å². The zero-order valence-electron chi connectivity index (χ0n) is 18.3. The zero-order chi connectivity index (χ0) is 23.6. The van der Waals surface area contributed by atoms with E-state index in [1.165, 1.54) is 58.5 Å². The molecule has 11 heteroatoms. The number of sulfonamides is 2. The van der Waals surface area contributed by atoms with E-state index in [1.54, 1.807) is 19.9 Å². The standard InChI is InChI=1S/C20H27N3O6S2/c1-14-7-8-17(31(27,28)23(5)6)12-18(14)21-20(24)13-29-19-10-9-16(11-15(19)2)30(25,26)22(3)4/h7-12H,13H2,1-6H3,(H,21,24). The fourth-order valence-corrected chi connectivity index (χ4v) is 4.51. The van der Waals surface area contributed by atoms with Gasteiger partial charge in [0.2, 0.25) is 20.0 Å². The van der Waals surface area contributed by atoms with Gasteiger partial charge < -0.3 is 10.1 Å². The van der Waals surface area contributed by atoms with Gasteiger partial charge in [0.25, 0.3) is 5.91 Å². The third-order valence-electron chi connectivity index (χ3n) is 4.55. The molecule has 170 valence electrons. The summed E-state index contributed by atoms with van der Waals surface area (Å²) in [5.41, 5.74) is 1.62. The van der Waals surface area contributed by atoms with Gasteiger partial charge in [-0.2, -0.15) is 0 Å². The van der Waals surface area contributed by atoms with Crippen LogP contribution in [0.25, 0.3) is 0 Å². The third kappa shape index (κ3) is 5.62. The van der Waals surface area contributed by atoms with Crippen LogP contribution < -0.4 is 10.1 Å². The van der Waals surface area contributed by atoms with Crippen molar-refractivity contribution >= 4 is 31.6 Å². The summed E-state index contributed by atoms with van der Waals surface area (Å²) in [5, 5.41) is 2.65. The fraction of sp³-hybridized carbons (Fsp3) is 0.350. The lowest BCUT2D eigenvalue weighted by Crippen LogP contribution is -2.24. The predicted molar refractivity (Wildman–Crippen MR) is 118 cm³/mol. The van der Waals surface area contributed by atoms with Crippen LogP contribution in [0, 0.1) is 13.8 Å². The Hall–Kier alpha value is -2.47. The van der Waals surface area contributed by atoms with Gasteiger partial charge in [0.05, 0.1) is 9.79 Å². The highest BCUT2D eigenvalue weighted by molar-refractivity contribution is 7.89. The number of rotatable bonds is 8. The highest BCUT2D eigenvalue weighted by Gasteiger charge is 2.20. The minimum atomic E-state index is -3.64. The Kier molecular flexibility index (Phi) is 7.48. The predicted octanol–water partition coefficient (Wildman–Crippen LogP) is 1.82. The number of nitrogens with zero attached hydrogens (tertiary/aromatic N) is 2. The lowest BCUT2D eigenvalue weighted by atomic mass is 10.2. The molecule has 0 spiro atoms. The fourth-order valence-electron chi connectivity index (χ4n) is 2.59. The van der Waals surface area contributed by atoms with Crippen LogP contribution in [0.4, 0.5) is 5.69 Å². The number of carbonyl (C=O) groups is 1. The normalized spacial score (nSPS) is 12.3. The first-order valence-electron chi connectivity index (χ1n) is 9.26. The molecule has 0 radical (unpaired) electrons. The van der Waals surface area contributed by atoms with Crippen molar-refractivity contribution in [2.45, 2.75) is 23.6 Å². The summed E-state index contributed by atoms with van der Waals surface area (Å²) in [5.74, 6) is -0.111. The average molecular weight is 470 g/mol. The molecule has 2 aromatic rings. The van der Waals surface area contributed by atoms with Crippen LogP contribution in [0.3, 0.4) is 0 Å². The van der Waals surface area contributed by atoms with Gasteiger partial charge in [0.15, 0.2) is 6.61 Å². The van der Waals surface area contributed by atoms with Gasteiger partial charge in [0, 0.05) is 33.9 Å². The molecule has 0 heterocycles. The monoisotopic (exact) mass is 469 g/mol. The molecule has 31 heavy (non-hydrogen) atoms. The Bertz CT molecular complexity index is 1190. The largest absolute Gasteiger partial charge is 0.483 e. The molecule has 9 nitrogen and oxygen atoms in total. The topological polar surface area (TPSA) is 113 Å². The van der Waals surface area contributed by atoms with Crippen LogP contribution in [0.5, 0.6) is 5.75 Å². The maximum Gasteiger partial charge on any atom is 0.262 e. The van der Waals surface area contributed by atoms with Crippen LogP contribution in [0.2, 0.25) is 0 Å². The maximum atomic E-state index is 12.4. The first-order valence-corrected chi connectivity index (χ1v) is 12.1. The van der Waals surface area contributed by atoms with Gasteiger partial charge in [-0.3, -0.25) is 4.79 Å². The molecule has 2 rings (SSSR count). The molecule has 0 atom stereocenters. The molecule has 0 aliphatic heterocycles.